The Hall–Kier alpha value is -2.06. The number of thioether (sulfide) groups is 1. The van der Waals surface area contributed by atoms with E-state index in [0.717, 1.165) is 50.7 Å². The maximum atomic E-state index is 13.3. The van der Waals surface area contributed by atoms with Crippen molar-refractivity contribution >= 4 is 33.3 Å². The zero-order chi connectivity index (χ0) is 27.8. The molecule has 214 valence electrons. The number of methoxy groups -OCH3 is 1. The van der Waals surface area contributed by atoms with E-state index in [0.29, 0.717) is 23.8 Å². The molecule has 2 aliphatic heterocycles. The first-order valence-corrected chi connectivity index (χ1v) is 15.3. The molecule has 5 rings (SSSR count). The number of halogens is 3. The molecular formula is C26H33F3N4O4S2. The number of sulfonamides is 1. The number of hydrogen-bond donors (Lipinski definition) is 2. The number of piperidine rings is 2. The molecule has 0 bridgehead atoms. The van der Waals surface area contributed by atoms with E-state index in [1.54, 1.807) is 19.2 Å². The van der Waals surface area contributed by atoms with Gasteiger partial charge in [-0.25, -0.2) is 13.4 Å². The second-order valence-electron chi connectivity index (χ2n) is 10.6. The number of nitrogens with zero attached hydrogens (tertiary/aromatic N) is 3. The van der Waals surface area contributed by atoms with E-state index in [1.807, 2.05) is 12.1 Å². The van der Waals surface area contributed by atoms with E-state index in [4.69, 9.17) is 4.74 Å². The van der Waals surface area contributed by atoms with Crippen LogP contribution in [0.1, 0.15) is 32.1 Å². The van der Waals surface area contributed by atoms with Gasteiger partial charge >= 0.3 is 5.51 Å². The van der Waals surface area contributed by atoms with Crippen molar-refractivity contribution in [3.63, 3.8) is 0 Å². The molecule has 0 amide bonds. The summed E-state index contributed by atoms with van der Waals surface area (Å²) < 4.78 is 70.8. The number of ether oxygens (including phenoxy) is 1. The van der Waals surface area contributed by atoms with Gasteiger partial charge in [-0.1, -0.05) is 0 Å². The Labute approximate surface area is 231 Å². The molecular weight excluding hydrogens is 553 g/mol. The lowest BCUT2D eigenvalue weighted by atomic mass is 9.61. The van der Waals surface area contributed by atoms with Gasteiger partial charge in [0, 0.05) is 50.1 Å². The molecule has 13 heteroatoms. The summed E-state index contributed by atoms with van der Waals surface area (Å²) in [7, 11) is -2.03. The van der Waals surface area contributed by atoms with Crippen LogP contribution in [-0.2, 0) is 14.8 Å². The zero-order valence-corrected chi connectivity index (χ0v) is 23.2. The molecule has 8 nitrogen and oxygen atoms in total. The van der Waals surface area contributed by atoms with E-state index in [9.17, 15) is 26.7 Å². The molecule has 1 aromatic heterocycles. The first kappa shape index (κ1) is 28.5. The number of alkyl halides is 3. The van der Waals surface area contributed by atoms with Gasteiger partial charge in [-0.2, -0.15) is 17.5 Å². The summed E-state index contributed by atoms with van der Waals surface area (Å²) in [6.07, 6.45) is 5.27. The second kappa shape index (κ2) is 11.1. The molecule has 2 aromatic rings. The average Bonchev–Trinajstić information content (AvgIpc) is 2.89. The van der Waals surface area contributed by atoms with Gasteiger partial charge in [-0.3, -0.25) is 0 Å². The van der Waals surface area contributed by atoms with Gasteiger partial charge in [0.25, 0.3) is 0 Å². The van der Waals surface area contributed by atoms with Gasteiger partial charge in [0.15, 0.2) is 0 Å². The summed E-state index contributed by atoms with van der Waals surface area (Å²) in [6, 6.07) is 9.18. The fraction of sp³-hybridized carbons (Fsp3) is 0.577. The van der Waals surface area contributed by atoms with Gasteiger partial charge in [-0.15, -0.1) is 0 Å². The SMILES string of the molecule is COC1CC2(CCN(c3ccc(S(=O)(=O)N4CC[C@@H](Nc5ccc(SC(F)(F)F)cn5)[C@@H](O)C4)cc3)CC2)C1. The second-order valence-corrected chi connectivity index (χ2v) is 13.7. The summed E-state index contributed by atoms with van der Waals surface area (Å²) >= 11 is -0.250. The molecule has 2 saturated heterocycles. The first-order valence-electron chi connectivity index (χ1n) is 13.0. The number of aromatic nitrogens is 1. The predicted molar refractivity (Wildman–Crippen MR) is 143 cm³/mol. The van der Waals surface area contributed by atoms with Crippen LogP contribution < -0.4 is 10.2 Å². The molecule has 2 N–H and O–H groups in total. The van der Waals surface area contributed by atoms with E-state index in [-0.39, 0.29) is 34.6 Å². The van der Waals surface area contributed by atoms with Crippen molar-refractivity contribution in [3.8, 4) is 0 Å². The molecule has 1 aromatic carbocycles. The van der Waals surface area contributed by atoms with Crippen LogP contribution in [0.3, 0.4) is 0 Å². The molecule has 3 fully saturated rings. The van der Waals surface area contributed by atoms with Crippen LogP contribution in [0.4, 0.5) is 24.7 Å². The monoisotopic (exact) mass is 586 g/mol. The predicted octanol–water partition coefficient (Wildman–Crippen LogP) is 4.32. The molecule has 1 saturated carbocycles. The number of β-amino-alcohol motifs (C(OH)–C–C–N with tert-alkyl or cyclic N) is 1. The summed E-state index contributed by atoms with van der Waals surface area (Å²) in [4.78, 5) is 6.43. The van der Waals surface area contributed by atoms with Crippen molar-refractivity contribution in [2.75, 3.05) is 43.5 Å². The van der Waals surface area contributed by atoms with Gasteiger partial charge in [0.1, 0.15) is 5.82 Å². The summed E-state index contributed by atoms with van der Waals surface area (Å²) in [6.45, 7) is 1.97. The van der Waals surface area contributed by atoms with E-state index >= 15 is 0 Å². The minimum atomic E-state index is -4.40. The lowest BCUT2D eigenvalue weighted by Crippen LogP contribution is -2.51. The van der Waals surface area contributed by atoms with Gasteiger partial charge < -0.3 is 20.1 Å². The van der Waals surface area contributed by atoms with Crippen LogP contribution in [0, 0.1) is 5.41 Å². The molecule has 1 aliphatic carbocycles. The number of nitrogens with one attached hydrogen (secondary N) is 1. The zero-order valence-electron chi connectivity index (χ0n) is 21.6. The number of rotatable bonds is 7. The number of pyridine rings is 1. The molecule has 39 heavy (non-hydrogen) atoms. The summed E-state index contributed by atoms with van der Waals surface area (Å²) in [5.74, 6) is 0.317. The molecule has 3 heterocycles. The van der Waals surface area contributed by atoms with Crippen molar-refractivity contribution in [3.05, 3.63) is 42.6 Å². The Morgan fingerprint density at radius 1 is 1.10 bits per heavy atom. The molecule has 0 radical (unpaired) electrons. The Bertz CT molecular complexity index is 1230. The third-order valence-electron chi connectivity index (χ3n) is 8.17. The fourth-order valence-corrected chi connectivity index (χ4v) is 7.82. The average molecular weight is 587 g/mol. The highest BCUT2D eigenvalue weighted by atomic mass is 32.2. The Morgan fingerprint density at radius 2 is 1.79 bits per heavy atom. The fourth-order valence-electron chi connectivity index (χ4n) is 5.84. The van der Waals surface area contributed by atoms with Crippen LogP contribution in [0.15, 0.2) is 52.4 Å². The van der Waals surface area contributed by atoms with Crippen molar-refractivity contribution in [2.24, 2.45) is 5.41 Å². The molecule has 0 unspecified atom stereocenters. The highest BCUT2D eigenvalue weighted by Crippen LogP contribution is 2.50. The lowest BCUT2D eigenvalue weighted by molar-refractivity contribution is -0.0708. The quantitative estimate of drug-likeness (QED) is 0.464. The Morgan fingerprint density at radius 3 is 2.36 bits per heavy atom. The maximum absolute atomic E-state index is 13.3. The standard InChI is InChI=1S/C26H33F3N4O4S2/c1-37-19-14-25(15-19)9-12-32(13-10-25)18-2-5-21(6-3-18)39(35,36)33-11-8-22(23(34)17-33)31-24-7-4-20(16-30-24)38-26(27,28)29/h2-7,16,19,22-23,34H,8-15,17H2,1H3,(H,30,31)/t22-,23+/m1/s1. The number of hydrogen-bond acceptors (Lipinski definition) is 8. The molecule has 3 aliphatic rings. The molecule has 1 spiro atoms. The van der Waals surface area contributed by atoms with Gasteiger partial charge in [0.05, 0.1) is 23.1 Å². The Balaban J connectivity index is 1.14. The summed E-state index contributed by atoms with van der Waals surface area (Å²) in [5.41, 5.74) is -3.00. The minimum absolute atomic E-state index is 0.0386. The van der Waals surface area contributed by atoms with E-state index in [2.05, 4.69) is 15.2 Å². The van der Waals surface area contributed by atoms with Gasteiger partial charge in [-0.05, 0) is 85.7 Å². The first-order chi connectivity index (χ1) is 18.5. The van der Waals surface area contributed by atoms with Crippen molar-refractivity contribution in [2.45, 2.75) is 65.7 Å². The topological polar surface area (TPSA) is 95.0 Å². The lowest BCUT2D eigenvalue weighted by Gasteiger charge is -2.52. The van der Waals surface area contributed by atoms with Crippen LogP contribution >= 0.6 is 11.8 Å². The third kappa shape index (κ3) is 6.48. The smallest absolute Gasteiger partial charge is 0.390 e. The van der Waals surface area contributed by atoms with Crippen molar-refractivity contribution < 1.29 is 31.4 Å². The van der Waals surface area contributed by atoms with Crippen LogP contribution in [0.5, 0.6) is 0 Å². The van der Waals surface area contributed by atoms with Gasteiger partial charge in [0.2, 0.25) is 10.0 Å². The highest BCUT2D eigenvalue weighted by Gasteiger charge is 2.46. The molecule has 2 atom stereocenters. The van der Waals surface area contributed by atoms with Crippen molar-refractivity contribution in [1.82, 2.24) is 9.29 Å². The minimum Gasteiger partial charge on any atom is -0.390 e. The maximum Gasteiger partial charge on any atom is 0.446 e. The number of aliphatic hydroxyl groups is 1. The van der Waals surface area contributed by atoms with E-state index in [1.165, 1.54) is 16.4 Å². The number of anilines is 2. The van der Waals surface area contributed by atoms with Crippen LogP contribution in [0.2, 0.25) is 0 Å². The normalized spacial score (nSPS) is 24.5. The van der Waals surface area contributed by atoms with Crippen LogP contribution in [0.25, 0.3) is 0 Å². The number of benzene rings is 1. The largest absolute Gasteiger partial charge is 0.446 e. The summed E-state index contributed by atoms with van der Waals surface area (Å²) in [5, 5.41) is 13.7. The third-order valence-corrected chi connectivity index (χ3v) is 10.8. The highest BCUT2D eigenvalue weighted by molar-refractivity contribution is 8.00. The van der Waals surface area contributed by atoms with Crippen LogP contribution in [-0.4, -0.2) is 79.9 Å². The Kier molecular flexibility index (Phi) is 8.08. The van der Waals surface area contributed by atoms with Crippen molar-refractivity contribution in [1.29, 1.82) is 0 Å². The van der Waals surface area contributed by atoms with E-state index < -0.39 is 27.7 Å². The number of aliphatic hydroxyl groups excluding tert-OH is 1.